The molecule has 18 heavy (non-hydrogen) atoms. The van der Waals surface area contributed by atoms with Gasteiger partial charge in [-0.05, 0) is 44.5 Å². The second-order valence-corrected chi connectivity index (χ2v) is 5.88. The standard InChI is InChI=1S/C14H22ClNO2/c1-14(2,3)16-9-12(17)8-10-7-11(15)5-6-13(10)18-4/h5-7,12,16-17H,8-9H2,1-4H3. The summed E-state index contributed by atoms with van der Waals surface area (Å²) in [7, 11) is 1.62. The topological polar surface area (TPSA) is 41.5 Å². The molecule has 0 saturated carbocycles. The third-order valence-electron chi connectivity index (χ3n) is 2.57. The number of hydrogen-bond acceptors (Lipinski definition) is 3. The van der Waals surface area contributed by atoms with Crippen molar-refractivity contribution in [3.05, 3.63) is 28.8 Å². The van der Waals surface area contributed by atoms with E-state index in [1.165, 1.54) is 0 Å². The van der Waals surface area contributed by atoms with Crippen LogP contribution in [0.1, 0.15) is 26.3 Å². The molecule has 1 aromatic rings. The lowest BCUT2D eigenvalue weighted by atomic mass is 10.0. The van der Waals surface area contributed by atoms with Crippen molar-refractivity contribution in [1.29, 1.82) is 0 Å². The minimum Gasteiger partial charge on any atom is -0.496 e. The van der Waals surface area contributed by atoms with Gasteiger partial charge in [-0.1, -0.05) is 11.6 Å². The van der Waals surface area contributed by atoms with Crippen molar-refractivity contribution in [3.63, 3.8) is 0 Å². The SMILES string of the molecule is COc1ccc(Cl)cc1CC(O)CNC(C)(C)C. The summed E-state index contributed by atoms with van der Waals surface area (Å²) in [4.78, 5) is 0. The monoisotopic (exact) mass is 271 g/mol. The number of rotatable bonds is 5. The van der Waals surface area contributed by atoms with Crippen molar-refractivity contribution in [3.8, 4) is 5.75 Å². The molecule has 0 aliphatic heterocycles. The summed E-state index contributed by atoms with van der Waals surface area (Å²) in [5, 5.41) is 13.9. The van der Waals surface area contributed by atoms with E-state index in [1.807, 2.05) is 12.1 Å². The minimum atomic E-state index is -0.461. The number of aliphatic hydroxyl groups is 1. The highest BCUT2D eigenvalue weighted by atomic mass is 35.5. The van der Waals surface area contributed by atoms with Gasteiger partial charge in [-0.2, -0.15) is 0 Å². The van der Waals surface area contributed by atoms with E-state index in [4.69, 9.17) is 16.3 Å². The molecule has 0 bridgehead atoms. The fourth-order valence-corrected chi connectivity index (χ4v) is 1.85. The Labute approximate surface area is 114 Å². The average molecular weight is 272 g/mol. The number of β-amino-alcohol motifs (C(OH)–C–C–N with tert-alkyl or cyclic N) is 1. The highest BCUT2D eigenvalue weighted by Crippen LogP contribution is 2.23. The number of methoxy groups -OCH3 is 1. The lowest BCUT2D eigenvalue weighted by molar-refractivity contribution is 0.160. The average Bonchev–Trinajstić information content (AvgIpc) is 2.26. The maximum absolute atomic E-state index is 10.0. The fourth-order valence-electron chi connectivity index (χ4n) is 1.66. The molecular formula is C14H22ClNO2. The Morgan fingerprint density at radius 1 is 1.39 bits per heavy atom. The molecule has 0 fully saturated rings. The molecule has 0 heterocycles. The summed E-state index contributed by atoms with van der Waals surface area (Å²) in [5.41, 5.74) is 0.924. The zero-order valence-electron chi connectivity index (χ0n) is 11.5. The van der Waals surface area contributed by atoms with Crippen LogP contribution in [-0.4, -0.2) is 30.4 Å². The van der Waals surface area contributed by atoms with E-state index in [1.54, 1.807) is 13.2 Å². The van der Waals surface area contributed by atoms with Gasteiger partial charge >= 0.3 is 0 Å². The van der Waals surface area contributed by atoms with Crippen molar-refractivity contribution in [1.82, 2.24) is 5.32 Å². The van der Waals surface area contributed by atoms with Crippen LogP contribution in [-0.2, 0) is 6.42 Å². The minimum absolute atomic E-state index is 0.000596. The predicted octanol–water partition coefficient (Wildman–Crippen LogP) is 2.64. The van der Waals surface area contributed by atoms with Crippen LogP contribution in [0.5, 0.6) is 5.75 Å². The summed E-state index contributed by atoms with van der Waals surface area (Å²) in [6.45, 7) is 6.75. The molecule has 0 amide bonds. The second kappa shape index (κ2) is 6.41. The van der Waals surface area contributed by atoms with E-state index in [9.17, 15) is 5.11 Å². The molecule has 4 heteroatoms. The van der Waals surface area contributed by atoms with Crippen molar-refractivity contribution in [2.24, 2.45) is 0 Å². The summed E-state index contributed by atoms with van der Waals surface area (Å²) in [5.74, 6) is 0.759. The van der Waals surface area contributed by atoms with Gasteiger partial charge in [0.15, 0.2) is 0 Å². The van der Waals surface area contributed by atoms with Gasteiger partial charge in [-0.15, -0.1) is 0 Å². The number of hydrogen-bond donors (Lipinski definition) is 2. The number of ether oxygens (including phenoxy) is 1. The van der Waals surface area contributed by atoms with Gasteiger partial charge < -0.3 is 15.2 Å². The third-order valence-corrected chi connectivity index (χ3v) is 2.80. The lowest BCUT2D eigenvalue weighted by Gasteiger charge is -2.23. The smallest absolute Gasteiger partial charge is 0.122 e. The van der Waals surface area contributed by atoms with E-state index < -0.39 is 6.10 Å². The van der Waals surface area contributed by atoms with E-state index in [0.717, 1.165) is 11.3 Å². The first-order chi connectivity index (χ1) is 8.31. The Kier molecular flexibility index (Phi) is 5.45. The third kappa shape index (κ3) is 5.25. The fraction of sp³-hybridized carbons (Fsp3) is 0.571. The van der Waals surface area contributed by atoms with Gasteiger partial charge in [0.05, 0.1) is 13.2 Å². The molecule has 1 atom stereocenters. The van der Waals surface area contributed by atoms with E-state index in [-0.39, 0.29) is 5.54 Å². The molecule has 0 spiro atoms. The second-order valence-electron chi connectivity index (χ2n) is 5.45. The number of nitrogens with one attached hydrogen (secondary N) is 1. The van der Waals surface area contributed by atoms with Crippen molar-refractivity contribution in [2.45, 2.75) is 38.8 Å². The maximum atomic E-state index is 10.0. The van der Waals surface area contributed by atoms with E-state index in [2.05, 4.69) is 26.1 Å². The first-order valence-electron chi connectivity index (χ1n) is 6.07. The highest BCUT2D eigenvalue weighted by molar-refractivity contribution is 6.30. The molecule has 2 N–H and O–H groups in total. The highest BCUT2D eigenvalue weighted by Gasteiger charge is 2.14. The molecule has 0 aliphatic carbocycles. The van der Waals surface area contributed by atoms with Crippen molar-refractivity contribution in [2.75, 3.05) is 13.7 Å². The van der Waals surface area contributed by atoms with Gasteiger partial charge in [0, 0.05) is 23.5 Å². The molecule has 0 radical (unpaired) electrons. The zero-order valence-corrected chi connectivity index (χ0v) is 12.2. The van der Waals surface area contributed by atoms with Crippen LogP contribution in [0, 0.1) is 0 Å². The lowest BCUT2D eigenvalue weighted by Crippen LogP contribution is -2.41. The molecule has 0 aromatic heterocycles. The van der Waals surface area contributed by atoms with Gasteiger partial charge in [0.2, 0.25) is 0 Å². The van der Waals surface area contributed by atoms with Crippen molar-refractivity contribution >= 4 is 11.6 Å². The summed E-state index contributed by atoms with van der Waals surface area (Å²) >= 11 is 5.95. The Morgan fingerprint density at radius 3 is 2.61 bits per heavy atom. The van der Waals surface area contributed by atoms with E-state index in [0.29, 0.717) is 18.0 Å². The Hall–Kier alpha value is -0.770. The first kappa shape index (κ1) is 15.3. The number of aliphatic hydroxyl groups excluding tert-OH is 1. The first-order valence-corrected chi connectivity index (χ1v) is 6.45. The molecule has 1 rings (SSSR count). The van der Waals surface area contributed by atoms with Gasteiger partial charge in [-0.3, -0.25) is 0 Å². The quantitative estimate of drug-likeness (QED) is 0.865. The molecule has 3 nitrogen and oxygen atoms in total. The Bertz CT molecular complexity index is 388. The largest absolute Gasteiger partial charge is 0.496 e. The number of halogens is 1. The number of benzene rings is 1. The predicted molar refractivity (Wildman–Crippen MR) is 75.5 cm³/mol. The van der Waals surface area contributed by atoms with Crippen molar-refractivity contribution < 1.29 is 9.84 Å². The molecule has 1 aromatic carbocycles. The normalized spacial score (nSPS) is 13.4. The van der Waals surface area contributed by atoms with Crippen LogP contribution in [0.15, 0.2) is 18.2 Å². The van der Waals surface area contributed by atoms with Crippen LogP contribution in [0.25, 0.3) is 0 Å². The van der Waals surface area contributed by atoms with Crippen LogP contribution >= 0.6 is 11.6 Å². The molecule has 0 saturated heterocycles. The van der Waals surface area contributed by atoms with Gasteiger partial charge in [0.1, 0.15) is 5.75 Å². The van der Waals surface area contributed by atoms with Crippen LogP contribution in [0.4, 0.5) is 0 Å². The van der Waals surface area contributed by atoms with Crippen LogP contribution in [0.3, 0.4) is 0 Å². The molecule has 102 valence electrons. The van der Waals surface area contributed by atoms with E-state index >= 15 is 0 Å². The molecular weight excluding hydrogens is 250 g/mol. The molecule has 1 unspecified atom stereocenters. The summed E-state index contributed by atoms with van der Waals surface area (Å²) in [6, 6.07) is 5.44. The Morgan fingerprint density at radius 2 is 2.06 bits per heavy atom. The van der Waals surface area contributed by atoms with Gasteiger partial charge in [0.25, 0.3) is 0 Å². The summed E-state index contributed by atoms with van der Waals surface area (Å²) < 4.78 is 5.26. The molecule has 0 aliphatic rings. The summed E-state index contributed by atoms with van der Waals surface area (Å²) in [6.07, 6.45) is 0.0592. The van der Waals surface area contributed by atoms with Crippen LogP contribution < -0.4 is 10.1 Å². The maximum Gasteiger partial charge on any atom is 0.122 e. The Balaban J connectivity index is 2.63. The van der Waals surface area contributed by atoms with Crippen LogP contribution in [0.2, 0.25) is 5.02 Å². The zero-order chi connectivity index (χ0) is 13.8. The van der Waals surface area contributed by atoms with Gasteiger partial charge in [-0.25, -0.2) is 0 Å².